The zero-order chi connectivity index (χ0) is 20.4. The highest BCUT2D eigenvalue weighted by Gasteiger charge is 2.33. The smallest absolute Gasteiger partial charge is 0.334 e. The number of benzene rings is 2. The van der Waals surface area contributed by atoms with Gasteiger partial charge in [-0.25, -0.2) is 4.79 Å². The Morgan fingerprint density at radius 2 is 1.57 bits per heavy atom. The molecule has 0 spiro atoms. The Morgan fingerprint density at radius 3 is 2.11 bits per heavy atom. The number of aliphatic imine (C=N–C) groups is 2. The van der Waals surface area contributed by atoms with Crippen LogP contribution in [0.1, 0.15) is 18.1 Å². The normalized spacial score (nSPS) is 13.7. The van der Waals surface area contributed by atoms with Crippen LogP contribution in [-0.4, -0.2) is 49.1 Å². The van der Waals surface area contributed by atoms with Gasteiger partial charge < -0.3 is 4.74 Å². The summed E-state index contributed by atoms with van der Waals surface area (Å²) < 4.78 is 4.94. The molecule has 0 aromatic heterocycles. The van der Waals surface area contributed by atoms with E-state index < -0.39 is 5.54 Å². The lowest BCUT2D eigenvalue weighted by Crippen LogP contribution is -2.37. The zero-order valence-electron chi connectivity index (χ0n) is 15.8. The molecule has 1 atom stereocenters. The van der Waals surface area contributed by atoms with Gasteiger partial charge >= 0.3 is 5.97 Å². The van der Waals surface area contributed by atoms with Crippen LogP contribution in [0.15, 0.2) is 58.5 Å². The van der Waals surface area contributed by atoms with Crippen LogP contribution in [0.4, 0.5) is 0 Å². The quantitative estimate of drug-likeness (QED) is 0.308. The molecule has 0 heterocycles. The molecule has 0 saturated heterocycles. The Balaban J connectivity index is 1.88. The monoisotopic (exact) mass is 436 g/mol. The molecule has 2 aromatic carbocycles. The molecule has 2 aromatic rings. The lowest BCUT2D eigenvalue weighted by molar-refractivity contribution is -0.145. The second-order valence-electron chi connectivity index (χ2n) is 6.21. The molecule has 0 fully saturated rings. The van der Waals surface area contributed by atoms with Gasteiger partial charge in [-0.3, -0.25) is 9.98 Å². The number of rotatable bonds is 9. The van der Waals surface area contributed by atoms with Crippen molar-refractivity contribution < 1.29 is 9.53 Å². The SMILES string of the molecule is COC(=O)C(C)(CSCC/N=C/c1ccc(Cl)cc1)/N=C\c1ccc(Cl)cc1. The van der Waals surface area contributed by atoms with Gasteiger partial charge in [-0.2, -0.15) is 11.8 Å². The van der Waals surface area contributed by atoms with Crippen molar-refractivity contribution in [2.75, 3.05) is 25.2 Å². The maximum Gasteiger partial charge on any atom is 0.334 e. The Labute approximate surface area is 180 Å². The second-order valence-corrected chi connectivity index (χ2v) is 8.19. The summed E-state index contributed by atoms with van der Waals surface area (Å²) in [7, 11) is 1.37. The molecule has 28 heavy (non-hydrogen) atoms. The maximum atomic E-state index is 12.2. The van der Waals surface area contributed by atoms with Crippen molar-refractivity contribution in [1.29, 1.82) is 0 Å². The van der Waals surface area contributed by atoms with Crippen LogP contribution in [0, 0.1) is 0 Å². The molecule has 0 N–H and O–H groups in total. The van der Waals surface area contributed by atoms with E-state index in [0.717, 1.165) is 16.9 Å². The number of hydrogen-bond acceptors (Lipinski definition) is 5. The van der Waals surface area contributed by atoms with E-state index in [1.54, 1.807) is 37.0 Å². The molecule has 2 rings (SSSR count). The van der Waals surface area contributed by atoms with Crippen molar-refractivity contribution in [3.05, 3.63) is 69.7 Å². The molecule has 148 valence electrons. The Hall–Kier alpha value is -1.82. The summed E-state index contributed by atoms with van der Waals surface area (Å²) in [5.41, 5.74) is 0.914. The largest absolute Gasteiger partial charge is 0.467 e. The highest BCUT2D eigenvalue weighted by atomic mass is 35.5. The predicted octanol–water partition coefficient (Wildman–Crippen LogP) is 5.20. The Kier molecular flexibility index (Phi) is 9.03. The molecule has 7 heteroatoms. The van der Waals surface area contributed by atoms with E-state index >= 15 is 0 Å². The molecule has 4 nitrogen and oxygen atoms in total. The number of ether oxygens (including phenoxy) is 1. The number of carbonyl (C=O) groups is 1. The summed E-state index contributed by atoms with van der Waals surface area (Å²) in [6.07, 6.45) is 3.49. The van der Waals surface area contributed by atoms with Crippen molar-refractivity contribution in [2.45, 2.75) is 12.5 Å². The second kappa shape index (κ2) is 11.2. The van der Waals surface area contributed by atoms with Gasteiger partial charge in [0.1, 0.15) is 0 Å². The first-order valence-corrected chi connectivity index (χ1v) is 10.6. The van der Waals surface area contributed by atoms with Crippen molar-refractivity contribution in [1.82, 2.24) is 0 Å². The maximum absolute atomic E-state index is 12.2. The van der Waals surface area contributed by atoms with Crippen molar-refractivity contribution in [3.63, 3.8) is 0 Å². The van der Waals surface area contributed by atoms with Crippen LogP contribution >= 0.6 is 35.0 Å². The van der Waals surface area contributed by atoms with E-state index in [4.69, 9.17) is 27.9 Å². The van der Waals surface area contributed by atoms with E-state index in [2.05, 4.69) is 9.98 Å². The van der Waals surface area contributed by atoms with E-state index in [1.807, 2.05) is 42.6 Å². The first-order valence-electron chi connectivity index (χ1n) is 8.65. The number of methoxy groups -OCH3 is 1. The predicted molar refractivity (Wildman–Crippen MR) is 121 cm³/mol. The molecule has 1 unspecified atom stereocenters. The standard InChI is InChI=1S/C21H22Cl2N2O2S/c1-21(20(26)27-2,25-14-17-5-9-19(23)10-6-17)15-28-12-11-24-13-16-3-7-18(22)8-4-16/h3-10,13-14H,11-12,15H2,1-2H3/b24-13+,25-14-. The molecule has 0 aliphatic carbocycles. The first kappa shape index (κ1) is 22.5. The fourth-order valence-corrected chi connectivity index (χ4v) is 3.46. The molecule has 0 aliphatic heterocycles. The Morgan fingerprint density at radius 1 is 1.04 bits per heavy atom. The molecule has 0 bridgehead atoms. The summed E-state index contributed by atoms with van der Waals surface area (Å²) in [6, 6.07) is 14.8. The van der Waals surface area contributed by atoms with Gasteiger partial charge in [0.25, 0.3) is 0 Å². The summed E-state index contributed by atoms with van der Waals surface area (Å²) >= 11 is 13.4. The number of hydrogen-bond donors (Lipinski definition) is 0. The topological polar surface area (TPSA) is 51.0 Å². The fourth-order valence-electron chi connectivity index (χ4n) is 2.24. The van der Waals surface area contributed by atoms with Crippen LogP contribution in [0.2, 0.25) is 10.0 Å². The average molecular weight is 437 g/mol. The highest BCUT2D eigenvalue weighted by molar-refractivity contribution is 7.99. The lowest BCUT2D eigenvalue weighted by atomic mass is 10.1. The molecular formula is C21H22Cl2N2O2S. The number of nitrogens with zero attached hydrogens (tertiary/aromatic N) is 2. The highest BCUT2D eigenvalue weighted by Crippen LogP contribution is 2.20. The third-order valence-electron chi connectivity index (χ3n) is 3.85. The van der Waals surface area contributed by atoms with Gasteiger partial charge in [-0.1, -0.05) is 47.5 Å². The van der Waals surface area contributed by atoms with Gasteiger partial charge in [0, 0.05) is 40.5 Å². The molecule has 0 amide bonds. The number of esters is 1. The third-order valence-corrected chi connectivity index (χ3v) is 5.59. The molecule has 0 radical (unpaired) electrons. The van der Waals surface area contributed by atoms with Crippen LogP contribution in [-0.2, 0) is 9.53 Å². The Bertz CT molecular complexity index is 823. The third kappa shape index (κ3) is 7.30. The molecule has 0 aliphatic rings. The lowest BCUT2D eigenvalue weighted by Gasteiger charge is -2.21. The minimum absolute atomic E-state index is 0.366. The number of halogens is 2. The molecular weight excluding hydrogens is 415 g/mol. The van der Waals surface area contributed by atoms with Crippen LogP contribution in [0.25, 0.3) is 0 Å². The summed E-state index contributed by atoms with van der Waals surface area (Å²) in [6.45, 7) is 2.42. The van der Waals surface area contributed by atoms with E-state index in [1.165, 1.54) is 7.11 Å². The average Bonchev–Trinajstić information content (AvgIpc) is 2.71. The molecule has 0 saturated carbocycles. The zero-order valence-corrected chi connectivity index (χ0v) is 18.1. The number of thioether (sulfide) groups is 1. The summed E-state index contributed by atoms with van der Waals surface area (Å²) in [5.74, 6) is 0.905. The van der Waals surface area contributed by atoms with Gasteiger partial charge in [0.2, 0.25) is 0 Å². The first-order chi connectivity index (χ1) is 13.4. The minimum atomic E-state index is -0.959. The van der Waals surface area contributed by atoms with Crippen LogP contribution in [0.3, 0.4) is 0 Å². The van der Waals surface area contributed by atoms with E-state index in [0.29, 0.717) is 22.3 Å². The van der Waals surface area contributed by atoms with E-state index in [9.17, 15) is 4.79 Å². The van der Waals surface area contributed by atoms with E-state index in [-0.39, 0.29) is 5.97 Å². The van der Waals surface area contributed by atoms with Gasteiger partial charge in [-0.05, 0) is 42.3 Å². The van der Waals surface area contributed by atoms with Crippen molar-refractivity contribution >= 4 is 53.4 Å². The number of carbonyl (C=O) groups excluding carboxylic acids is 1. The van der Waals surface area contributed by atoms with Gasteiger partial charge in [0.15, 0.2) is 5.54 Å². The van der Waals surface area contributed by atoms with Gasteiger partial charge in [0.05, 0.1) is 7.11 Å². The minimum Gasteiger partial charge on any atom is -0.467 e. The van der Waals surface area contributed by atoms with Crippen LogP contribution < -0.4 is 0 Å². The van der Waals surface area contributed by atoms with Gasteiger partial charge in [-0.15, -0.1) is 0 Å². The summed E-state index contributed by atoms with van der Waals surface area (Å²) in [4.78, 5) is 21.1. The fraction of sp³-hybridized carbons (Fsp3) is 0.286. The summed E-state index contributed by atoms with van der Waals surface area (Å²) in [5, 5.41) is 1.36. The van der Waals surface area contributed by atoms with Crippen molar-refractivity contribution in [2.24, 2.45) is 9.98 Å². The van der Waals surface area contributed by atoms with Crippen molar-refractivity contribution in [3.8, 4) is 0 Å². The van der Waals surface area contributed by atoms with Crippen LogP contribution in [0.5, 0.6) is 0 Å².